The monoisotopic (exact) mass is 360 g/mol. The first-order valence-corrected chi connectivity index (χ1v) is 10.2. The van der Waals surface area contributed by atoms with Gasteiger partial charge in [0.05, 0.1) is 11.9 Å². The molecule has 0 spiro atoms. The van der Waals surface area contributed by atoms with E-state index in [-0.39, 0.29) is 5.56 Å². The molecule has 3 heterocycles. The fourth-order valence-electron chi connectivity index (χ4n) is 4.12. The molecular formula is C19H28N4OS. The van der Waals surface area contributed by atoms with Crippen molar-refractivity contribution in [2.45, 2.75) is 46.6 Å². The number of thiophene rings is 1. The van der Waals surface area contributed by atoms with Gasteiger partial charge in [0.15, 0.2) is 0 Å². The van der Waals surface area contributed by atoms with Crippen molar-refractivity contribution < 1.29 is 0 Å². The maximum atomic E-state index is 12.7. The highest BCUT2D eigenvalue weighted by atomic mass is 32.1. The lowest BCUT2D eigenvalue weighted by Crippen LogP contribution is -2.43. The predicted molar refractivity (Wildman–Crippen MR) is 103 cm³/mol. The minimum absolute atomic E-state index is 0.0573. The number of nitrogens with one attached hydrogen (secondary N) is 2. The number of hydrogen-bond donors (Lipinski definition) is 2. The van der Waals surface area contributed by atoms with Crippen LogP contribution in [-0.2, 0) is 19.4 Å². The standard InChI is InChI=1S/C19H28N4OS/c1-19(2,3)12-4-5-13-14(10-12)25-18-16(13)17(24)21-15(22-18)11-23-8-6-20-7-9-23/h12,20H,4-11H2,1-3H3,(H,21,22,24). The smallest absolute Gasteiger partial charge is 0.259 e. The molecule has 0 amide bonds. The van der Waals surface area contributed by atoms with E-state index in [1.807, 2.05) is 0 Å². The molecule has 4 rings (SSSR count). The van der Waals surface area contributed by atoms with Gasteiger partial charge in [-0.05, 0) is 36.2 Å². The second-order valence-corrected chi connectivity index (χ2v) is 9.61. The number of aromatic nitrogens is 2. The molecule has 0 saturated carbocycles. The zero-order valence-corrected chi connectivity index (χ0v) is 16.3. The van der Waals surface area contributed by atoms with E-state index in [2.05, 4.69) is 36.0 Å². The molecule has 2 aromatic rings. The van der Waals surface area contributed by atoms with E-state index in [4.69, 9.17) is 4.98 Å². The molecule has 1 aliphatic heterocycles. The number of aryl methyl sites for hydroxylation is 1. The Hall–Kier alpha value is -1.24. The Morgan fingerprint density at radius 3 is 2.76 bits per heavy atom. The molecule has 6 heteroatoms. The van der Waals surface area contributed by atoms with Crippen LogP contribution in [0.25, 0.3) is 10.2 Å². The van der Waals surface area contributed by atoms with Crippen LogP contribution >= 0.6 is 11.3 Å². The quantitative estimate of drug-likeness (QED) is 0.864. The summed E-state index contributed by atoms with van der Waals surface area (Å²) in [6.45, 7) is 11.7. The molecule has 5 nitrogen and oxygen atoms in total. The van der Waals surface area contributed by atoms with Crippen LogP contribution in [0.15, 0.2) is 4.79 Å². The second kappa shape index (κ2) is 6.49. The zero-order chi connectivity index (χ0) is 17.6. The number of hydrogen-bond acceptors (Lipinski definition) is 5. The molecule has 136 valence electrons. The molecule has 0 radical (unpaired) electrons. The van der Waals surface area contributed by atoms with Crippen molar-refractivity contribution in [1.29, 1.82) is 0 Å². The number of nitrogens with zero attached hydrogens (tertiary/aromatic N) is 2. The van der Waals surface area contributed by atoms with Crippen molar-refractivity contribution >= 4 is 21.6 Å². The summed E-state index contributed by atoms with van der Waals surface area (Å²) in [6.07, 6.45) is 3.27. The molecule has 1 unspecified atom stereocenters. The van der Waals surface area contributed by atoms with Crippen molar-refractivity contribution in [3.63, 3.8) is 0 Å². The Morgan fingerprint density at radius 2 is 2.04 bits per heavy atom. The SMILES string of the molecule is CC(C)(C)C1CCc2c(sc3nc(CN4CCNCC4)[nH]c(=O)c23)C1. The summed E-state index contributed by atoms with van der Waals surface area (Å²) in [5, 5.41) is 4.22. The second-order valence-electron chi connectivity index (χ2n) is 8.53. The molecule has 1 saturated heterocycles. The Balaban J connectivity index is 1.65. The minimum Gasteiger partial charge on any atom is -0.314 e. The first-order chi connectivity index (χ1) is 11.9. The summed E-state index contributed by atoms with van der Waals surface area (Å²) < 4.78 is 0. The van der Waals surface area contributed by atoms with Gasteiger partial charge in [-0.25, -0.2) is 4.98 Å². The van der Waals surface area contributed by atoms with Gasteiger partial charge in [-0.1, -0.05) is 20.8 Å². The van der Waals surface area contributed by atoms with Crippen LogP contribution in [-0.4, -0.2) is 41.0 Å². The van der Waals surface area contributed by atoms with Crippen molar-refractivity contribution in [3.05, 3.63) is 26.6 Å². The molecular weight excluding hydrogens is 332 g/mol. The average Bonchev–Trinajstić information content (AvgIpc) is 2.92. The summed E-state index contributed by atoms with van der Waals surface area (Å²) >= 11 is 1.75. The van der Waals surface area contributed by atoms with E-state index in [0.717, 1.165) is 61.6 Å². The largest absolute Gasteiger partial charge is 0.314 e. The molecule has 0 bridgehead atoms. The van der Waals surface area contributed by atoms with E-state index < -0.39 is 0 Å². The minimum atomic E-state index is 0.0573. The Labute approximate surface area is 152 Å². The maximum Gasteiger partial charge on any atom is 0.259 e. The zero-order valence-electron chi connectivity index (χ0n) is 15.4. The average molecular weight is 361 g/mol. The van der Waals surface area contributed by atoms with Crippen molar-refractivity contribution in [2.75, 3.05) is 26.2 Å². The first kappa shape index (κ1) is 17.2. The number of rotatable bonds is 2. The van der Waals surface area contributed by atoms with Gasteiger partial charge in [0.1, 0.15) is 10.7 Å². The normalized spacial score (nSPS) is 22.3. The number of H-pyrrole nitrogens is 1. The molecule has 2 aromatic heterocycles. The van der Waals surface area contributed by atoms with E-state index in [1.165, 1.54) is 16.9 Å². The number of aromatic amines is 1. The molecule has 1 fully saturated rings. The molecule has 2 N–H and O–H groups in total. The molecule has 0 aromatic carbocycles. The summed E-state index contributed by atoms with van der Waals surface area (Å²) in [5.74, 6) is 1.50. The van der Waals surface area contributed by atoms with Gasteiger partial charge in [-0.15, -0.1) is 11.3 Å². The van der Waals surface area contributed by atoms with Crippen LogP contribution < -0.4 is 10.9 Å². The molecule has 1 atom stereocenters. The van der Waals surface area contributed by atoms with Crippen LogP contribution in [0.4, 0.5) is 0 Å². The fourth-order valence-corrected chi connectivity index (χ4v) is 5.44. The highest BCUT2D eigenvalue weighted by molar-refractivity contribution is 7.18. The summed E-state index contributed by atoms with van der Waals surface area (Å²) in [5.41, 5.74) is 1.64. The number of piperazine rings is 1. The van der Waals surface area contributed by atoms with Gasteiger partial charge in [0.25, 0.3) is 5.56 Å². The van der Waals surface area contributed by atoms with Crippen LogP contribution in [0.1, 0.15) is 43.5 Å². The third kappa shape index (κ3) is 3.39. The topological polar surface area (TPSA) is 61.0 Å². The highest BCUT2D eigenvalue weighted by Crippen LogP contribution is 2.41. The Kier molecular flexibility index (Phi) is 4.46. The van der Waals surface area contributed by atoms with Gasteiger partial charge < -0.3 is 10.3 Å². The third-order valence-corrected chi connectivity index (χ3v) is 6.92. The van der Waals surface area contributed by atoms with E-state index in [9.17, 15) is 4.79 Å². The van der Waals surface area contributed by atoms with Crippen molar-refractivity contribution in [2.24, 2.45) is 11.3 Å². The molecule has 2 aliphatic rings. The Bertz CT molecular complexity index is 826. The van der Waals surface area contributed by atoms with Gasteiger partial charge in [-0.3, -0.25) is 9.69 Å². The lowest BCUT2D eigenvalue weighted by Gasteiger charge is -2.33. The first-order valence-electron chi connectivity index (χ1n) is 9.38. The van der Waals surface area contributed by atoms with Crippen LogP contribution in [0, 0.1) is 11.3 Å². The van der Waals surface area contributed by atoms with Gasteiger partial charge in [0, 0.05) is 31.1 Å². The summed E-state index contributed by atoms with van der Waals surface area (Å²) in [7, 11) is 0. The van der Waals surface area contributed by atoms with E-state index in [0.29, 0.717) is 11.3 Å². The lowest BCUT2D eigenvalue weighted by molar-refractivity contribution is 0.218. The van der Waals surface area contributed by atoms with Crippen LogP contribution in [0.5, 0.6) is 0 Å². The van der Waals surface area contributed by atoms with Gasteiger partial charge in [0.2, 0.25) is 0 Å². The van der Waals surface area contributed by atoms with Gasteiger partial charge >= 0.3 is 0 Å². The van der Waals surface area contributed by atoms with Crippen LogP contribution in [0.2, 0.25) is 0 Å². The lowest BCUT2D eigenvalue weighted by atomic mass is 9.72. The number of fused-ring (bicyclic) bond motifs is 3. The third-order valence-electron chi connectivity index (χ3n) is 5.78. The van der Waals surface area contributed by atoms with E-state index >= 15 is 0 Å². The predicted octanol–water partition coefficient (Wildman–Crippen LogP) is 2.54. The van der Waals surface area contributed by atoms with Crippen molar-refractivity contribution in [3.8, 4) is 0 Å². The highest BCUT2D eigenvalue weighted by Gasteiger charge is 2.31. The van der Waals surface area contributed by atoms with Gasteiger partial charge in [-0.2, -0.15) is 0 Å². The summed E-state index contributed by atoms with van der Waals surface area (Å²) in [4.78, 5) is 25.3. The van der Waals surface area contributed by atoms with E-state index in [1.54, 1.807) is 11.3 Å². The Morgan fingerprint density at radius 1 is 1.28 bits per heavy atom. The van der Waals surface area contributed by atoms with Crippen LogP contribution in [0.3, 0.4) is 0 Å². The fraction of sp³-hybridized carbons (Fsp3) is 0.684. The molecule has 1 aliphatic carbocycles. The van der Waals surface area contributed by atoms with Crippen molar-refractivity contribution in [1.82, 2.24) is 20.2 Å². The summed E-state index contributed by atoms with van der Waals surface area (Å²) in [6, 6.07) is 0. The maximum absolute atomic E-state index is 12.7. The molecule has 25 heavy (non-hydrogen) atoms.